The van der Waals surface area contributed by atoms with E-state index in [1.807, 2.05) is 0 Å². The second-order valence-electron chi connectivity index (χ2n) is 26.9. The second kappa shape index (κ2) is 41.9. The summed E-state index contributed by atoms with van der Waals surface area (Å²) in [7, 11) is 0. The molecule has 2 saturated carbocycles. The van der Waals surface area contributed by atoms with E-state index < -0.39 is 233 Å². The van der Waals surface area contributed by atoms with Crippen molar-refractivity contribution in [3.05, 3.63) is 0 Å². The number of nitrogens with one attached hydrogen (secondary N) is 4. The number of aliphatic hydroxyl groups is 12. The van der Waals surface area contributed by atoms with Crippen LogP contribution in [0, 0.1) is 0 Å². The van der Waals surface area contributed by atoms with Gasteiger partial charge in [0, 0.05) is 99.5 Å². The summed E-state index contributed by atoms with van der Waals surface area (Å²) in [5.41, 5.74) is 73.7. The van der Waals surface area contributed by atoms with Gasteiger partial charge in [-0.25, -0.2) is 0 Å². The molecule has 6 aliphatic heterocycles. The first-order valence-electron chi connectivity index (χ1n) is 34.8. The third-order valence-electron chi connectivity index (χ3n) is 19.4. The van der Waals surface area contributed by atoms with Crippen molar-refractivity contribution in [2.75, 3.05) is 102 Å². The van der Waals surface area contributed by atoms with E-state index in [0.717, 1.165) is 0 Å². The maximum Gasteiger partial charge on any atom is 0.187 e. The number of nitrogens with two attached hydrogens (primary N) is 12. The molecule has 8 aliphatic rings. The Hall–Kier alpha value is -1.44. The van der Waals surface area contributed by atoms with E-state index in [4.69, 9.17) is 160 Å². The molecule has 0 aromatic carbocycles. The van der Waals surface area contributed by atoms with Gasteiger partial charge in [0.2, 0.25) is 0 Å². The first-order chi connectivity index (χ1) is 49.5. The number of ether oxygens (including phenoxy) is 14. The van der Waals surface area contributed by atoms with Gasteiger partial charge in [-0.15, -0.1) is 0 Å². The Labute approximate surface area is 620 Å². The molecule has 104 heavy (non-hydrogen) atoms. The molecule has 0 bridgehead atoms. The summed E-state index contributed by atoms with van der Waals surface area (Å²) in [6.45, 7) is 1.93. The molecule has 8 fully saturated rings. The Kier molecular flexibility index (Phi) is 35.5. The molecular weight excluding hydrogens is 1460 g/mol. The van der Waals surface area contributed by atoms with Gasteiger partial charge >= 0.3 is 0 Å². The van der Waals surface area contributed by atoms with Gasteiger partial charge in [-0.3, -0.25) is 0 Å². The molecule has 40 N–H and O–H groups in total. The van der Waals surface area contributed by atoms with Gasteiger partial charge in [-0.05, 0) is 37.3 Å². The zero-order valence-electron chi connectivity index (χ0n) is 57.3. The van der Waals surface area contributed by atoms with E-state index in [2.05, 4.69) is 21.3 Å². The van der Waals surface area contributed by atoms with Crippen LogP contribution in [0.5, 0.6) is 0 Å². The summed E-state index contributed by atoms with van der Waals surface area (Å²) in [6, 6.07) is -8.74. The Balaban J connectivity index is 0.720. The Morgan fingerprint density at radius 2 is 0.587 bits per heavy atom. The maximum absolute atomic E-state index is 11.9. The fourth-order valence-electron chi connectivity index (χ4n) is 13.3. The molecule has 21 unspecified atom stereocenters. The zero-order valence-corrected chi connectivity index (χ0v) is 60.6. The van der Waals surface area contributed by atoms with Gasteiger partial charge in [0.1, 0.15) is 122 Å². The average molecular weight is 1580 g/mol. The normalized spacial score (nSPS) is 45.7. The van der Waals surface area contributed by atoms with Crippen LogP contribution in [0.15, 0.2) is 0 Å². The summed E-state index contributed by atoms with van der Waals surface area (Å²) < 4.78 is 84.6. The van der Waals surface area contributed by atoms with Crippen molar-refractivity contribution in [2.45, 2.75) is 245 Å². The molecule has 606 valence electrons. The van der Waals surface area contributed by atoms with E-state index in [1.165, 1.54) is 23.5 Å². The van der Waals surface area contributed by atoms with Crippen LogP contribution in [0.2, 0.25) is 0 Å². The van der Waals surface area contributed by atoms with Crippen molar-refractivity contribution in [1.82, 2.24) is 21.3 Å². The van der Waals surface area contributed by atoms with Crippen LogP contribution in [0.25, 0.3) is 0 Å². The van der Waals surface area contributed by atoms with Crippen LogP contribution in [-0.4, -0.2) is 406 Å². The minimum Gasteiger partial charge on any atom is -0.389 e. The fourth-order valence-corrected chi connectivity index (χ4v) is 15.5. The maximum atomic E-state index is 11.9. The van der Waals surface area contributed by atoms with Crippen LogP contribution in [0.3, 0.4) is 0 Å². The van der Waals surface area contributed by atoms with E-state index >= 15 is 0 Å². The highest BCUT2D eigenvalue weighted by Crippen LogP contribution is 2.38. The third-order valence-corrected chi connectivity index (χ3v) is 22.1. The van der Waals surface area contributed by atoms with E-state index in [9.17, 15) is 61.3 Å². The van der Waals surface area contributed by atoms with Crippen molar-refractivity contribution in [3.63, 3.8) is 0 Å². The predicted octanol–water partition coefficient (Wildman–Crippen LogP) is -16.3. The van der Waals surface area contributed by atoms with Crippen molar-refractivity contribution in [3.8, 4) is 0 Å². The van der Waals surface area contributed by atoms with Crippen molar-refractivity contribution < 1.29 is 128 Å². The molecule has 0 aromatic rings. The summed E-state index contributed by atoms with van der Waals surface area (Å²) in [4.78, 5) is 0. The lowest BCUT2D eigenvalue weighted by atomic mass is 9.84. The smallest absolute Gasteiger partial charge is 0.187 e. The molecule has 0 amide bonds. The Morgan fingerprint density at radius 1 is 0.317 bits per heavy atom. The second-order valence-corrected chi connectivity index (χ2v) is 30.0. The lowest BCUT2D eigenvalue weighted by Crippen LogP contribution is -2.68. The number of thiocarbonyl (C=S) groups is 2. The summed E-state index contributed by atoms with van der Waals surface area (Å²) >= 11 is 13.7. The predicted molar refractivity (Wildman–Crippen MR) is 376 cm³/mol. The highest BCUT2D eigenvalue weighted by Gasteiger charge is 2.57. The molecule has 0 radical (unpaired) electrons. The molecule has 0 spiro atoms. The minimum absolute atomic E-state index is 0.0556. The Bertz CT molecular complexity index is 2400. The first-order valence-corrected chi connectivity index (χ1v) is 37.9. The molecule has 46 heteroatoms. The van der Waals surface area contributed by atoms with Crippen LogP contribution in [-0.2, 0) is 66.3 Å². The molecule has 2 aliphatic carbocycles. The summed E-state index contributed by atoms with van der Waals surface area (Å²) in [5.74, 6) is 1.29. The van der Waals surface area contributed by atoms with Gasteiger partial charge in [-0.2, -0.15) is 23.5 Å². The van der Waals surface area contributed by atoms with Crippen LogP contribution in [0.4, 0.5) is 0 Å². The fraction of sp³-hybridized carbons (Fsp3) is 0.966. The van der Waals surface area contributed by atoms with Gasteiger partial charge in [-0.1, -0.05) is 0 Å². The van der Waals surface area contributed by atoms with Crippen molar-refractivity contribution >= 4 is 58.2 Å². The van der Waals surface area contributed by atoms with Crippen LogP contribution < -0.4 is 90.1 Å². The van der Waals surface area contributed by atoms with Gasteiger partial charge in [0.25, 0.3) is 0 Å². The highest BCUT2D eigenvalue weighted by atomic mass is 32.2. The zero-order chi connectivity index (χ0) is 76.0. The lowest BCUT2D eigenvalue weighted by Gasteiger charge is -2.47. The number of rotatable bonds is 35. The summed E-state index contributed by atoms with van der Waals surface area (Å²) in [5, 5.41) is 144. The van der Waals surface area contributed by atoms with Crippen molar-refractivity contribution in [1.29, 1.82) is 0 Å². The molecule has 42 nitrogen and oxygen atoms in total. The molecule has 6 heterocycles. The standard InChI is InChI=1S/C58H114N16O26S4/c59-13-23-35(77)39(81)29(67)51(89-23)95-45-21(65)11-19(63)33(75)49(45)99-55-43(85)47(97-53-31(69)41(83)37(79)25(15-61)91-53)27(93-55)17-103-9-3-73-57(101)71-1-5-87-7-8-88-6-2-72-58(102)74-4-10-104-18-28-48(98-54-32(70)42(84)38(80)26(16-62)92-54)44(86)56(94-28)100-50-34(76)20(64)12-22(66)46(50)96-52-30(68)40(82)36(78)24(14-60)90-52/h19-56,75-86H,1-18,59-70H2,(H2,71,73,101)(H2,72,74,102)/t19-,20+,21?,22?,23?,24?,25+,26-,27-,28-,29?,30?,31?,32?,33?,34+,35?,36?,37?,38?,39-,40-,41?,42?,43+,44?,45?,46?,47?,48?,49-,50?,51-,52+,53-,54+,55+,56+/m1/s1. The van der Waals surface area contributed by atoms with Crippen LogP contribution >= 0.6 is 48.0 Å². The SMILES string of the molecule is NCC1O[C@H](OC2C(N)C[C@@H](N)C(O)[C@H]2O[C@@H]2O[C@H](CSCCNC(=S)NCCOCCOCCNC(=S)NCCSC[C@H]3O[C@@H](OC4C(O[C@@H]5OC(CN)C(O)[C@H](O)C5N)C(N)C[C@H](N)[C@@H]4O)C(O)C3O[C@@H]3O[C@H](CN)C(O)C(O)C3N)C(O[C@H]3O[C@@H](CN)C(O)C(O)C3N)[C@@H]2O)C(N)[C@@H](O)C1O. The van der Waals surface area contributed by atoms with E-state index in [0.29, 0.717) is 61.1 Å². The monoisotopic (exact) mass is 1580 g/mol. The highest BCUT2D eigenvalue weighted by molar-refractivity contribution is 7.99. The Morgan fingerprint density at radius 3 is 0.885 bits per heavy atom. The molecule has 8 rings (SSSR count). The molecule has 0 aromatic heterocycles. The van der Waals surface area contributed by atoms with Gasteiger partial charge < -0.3 is 218 Å². The topological polar surface area (TPSA) is 732 Å². The summed E-state index contributed by atoms with van der Waals surface area (Å²) in [6.07, 6.45) is -40.0. The average Bonchev–Trinajstić information content (AvgIpc) is 1.69. The first kappa shape index (κ1) is 88.1. The largest absolute Gasteiger partial charge is 0.389 e. The molecular formula is C58H114N16O26S4. The quantitative estimate of drug-likeness (QED) is 0.0207. The lowest BCUT2D eigenvalue weighted by molar-refractivity contribution is -0.306. The third kappa shape index (κ3) is 22.3. The number of hydrogen-bond donors (Lipinski definition) is 28. The number of aliphatic hydroxyl groups excluding tert-OH is 12. The molecule has 38 atom stereocenters. The minimum atomic E-state index is -1.60. The van der Waals surface area contributed by atoms with E-state index in [-0.39, 0.29) is 63.7 Å². The van der Waals surface area contributed by atoms with Gasteiger partial charge in [0.05, 0.1) is 75.0 Å². The van der Waals surface area contributed by atoms with Crippen LogP contribution in [0.1, 0.15) is 12.8 Å². The van der Waals surface area contributed by atoms with Crippen molar-refractivity contribution in [2.24, 2.45) is 68.8 Å². The molecule has 6 saturated heterocycles. The van der Waals surface area contributed by atoms with E-state index in [1.54, 1.807) is 0 Å². The number of thioether (sulfide) groups is 2. The van der Waals surface area contributed by atoms with Gasteiger partial charge in [0.15, 0.2) is 48.0 Å². The number of hydrogen-bond acceptors (Lipinski definition) is 42.